The van der Waals surface area contributed by atoms with Crippen molar-refractivity contribution in [2.45, 2.75) is 57.7 Å². The zero-order chi connectivity index (χ0) is 22.5. The number of aryl methyl sites for hydroxylation is 1. The maximum atomic E-state index is 13.0. The number of carbonyl (C=O) groups excluding carboxylic acids is 1. The highest BCUT2D eigenvalue weighted by Gasteiger charge is 2.20. The van der Waals surface area contributed by atoms with Gasteiger partial charge in [0.05, 0.1) is 5.75 Å². The summed E-state index contributed by atoms with van der Waals surface area (Å²) >= 11 is 2.70. The Hall–Kier alpha value is -2.39. The van der Waals surface area contributed by atoms with Crippen LogP contribution >= 0.6 is 23.1 Å². The van der Waals surface area contributed by atoms with Crippen LogP contribution in [0.2, 0.25) is 0 Å². The van der Waals surface area contributed by atoms with E-state index < -0.39 is 0 Å². The van der Waals surface area contributed by atoms with Crippen LogP contribution in [0.5, 0.6) is 0 Å². The molecule has 1 aliphatic heterocycles. The van der Waals surface area contributed by atoms with Gasteiger partial charge in [0, 0.05) is 25.3 Å². The Morgan fingerprint density at radius 1 is 1.16 bits per heavy atom. The van der Waals surface area contributed by atoms with Gasteiger partial charge in [-0.05, 0) is 50.3 Å². The first kappa shape index (κ1) is 22.8. The molecule has 1 amide bonds. The van der Waals surface area contributed by atoms with Gasteiger partial charge in [0.1, 0.15) is 4.70 Å². The summed E-state index contributed by atoms with van der Waals surface area (Å²) in [6.45, 7) is 6.55. The maximum Gasteiger partial charge on any atom is 0.273 e. The molecule has 0 aliphatic carbocycles. The van der Waals surface area contributed by atoms with E-state index in [0.29, 0.717) is 22.0 Å². The molecule has 170 valence electrons. The van der Waals surface area contributed by atoms with E-state index in [-0.39, 0.29) is 17.2 Å². The van der Waals surface area contributed by atoms with E-state index in [9.17, 15) is 9.59 Å². The zero-order valence-corrected chi connectivity index (χ0v) is 20.2. The second-order valence-electron chi connectivity index (χ2n) is 7.92. The molecule has 0 saturated carbocycles. The number of nitrogens with one attached hydrogen (secondary N) is 1. The van der Waals surface area contributed by atoms with Crippen molar-refractivity contribution in [1.29, 1.82) is 0 Å². The van der Waals surface area contributed by atoms with Crippen molar-refractivity contribution in [2.75, 3.05) is 29.1 Å². The van der Waals surface area contributed by atoms with Crippen LogP contribution in [0.15, 0.2) is 34.2 Å². The Balaban J connectivity index is 1.44. The van der Waals surface area contributed by atoms with E-state index in [4.69, 9.17) is 0 Å². The monoisotopic (exact) mass is 471 g/mol. The van der Waals surface area contributed by atoms with E-state index in [2.05, 4.69) is 39.2 Å². The fourth-order valence-corrected chi connectivity index (χ4v) is 5.63. The largest absolute Gasteiger partial charge is 0.348 e. The third-order valence-corrected chi connectivity index (χ3v) is 7.62. The first-order valence-electron chi connectivity index (χ1n) is 11.3. The van der Waals surface area contributed by atoms with E-state index in [0.717, 1.165) is 49.6 Å². The number of rotatable bonds is 9. The molecular formula is C23H29N5O2S2. The van der Waals surface area contributed by atoms with Gasteiger partial charge in [0.2, 0.25) is 5.91 Å². The van der Waals surface area contributed by atoms with Crippen molar-refractivity contribution in [3.8, 4) is 0 Å². The molecule has 0 atom stereocenters. The van der Waals surface area contributed by atoms with Gasteiger partial charge in [-0.2, -0.15) is 4.98 Å². The predicted molar refractivity (Wildman–Crippen MR) is 133 cm³/mol. The minimum Gasteiger partial charge on any atom is -0.348 e. The lowest BCUT2D eigenvalue weighted by atomic mass is 10.1. The number of aromatic nitrogens is 3. The van der Waals surface area contributed by atoms with Gasteiger partial charge in [-0.25, -0.2) is 4.98 Å². The fraction of sp³-hybridized carbons (Fsp3) is 0.478. The first-order valence-corrected chi connectivity index (χ1v) is 13.1. The average Bonchev–Trinajstić information content (AvgIpc) is 3.47. The Kier molecular flexibility index (Phi) is 7.47. The van der Waals surface area contributed by atoms with E-state index in [1.807, 2.05) is 19.1 Å². The molecule has 32 heavy (non-hydrogen) atoms. The summed E-state index contributed by atoms with van der Waals surface area (Å²) in [6.07, 6.45) is 5.69. The van der Waals surface area contributed by atoms with Crippen molar-refractivity contribution in [3.63, 3.8) is 0 Å². The third-order valence-electron chi connectivity index (χ3n) is 5.55. The van der Waals surface area contributed by atoms with Crippen molar-refractivity contribution in [1.82, 2.24) is 14.5 Å². The quantitative estimate of drug-likeness (QED) is 0.364. The van der Waals surface area contributed by atoms with Crippen molar-refractivity contribution < 1.29 is 4.79 Å². The summed E-state index contributed by atoms with van der Waals surface area (Å²) in [4.78, 5) is 37.0. The van der Waals surface area contributed by atoms with Gasteiger partial charge in [0.25, 0.3) is 5.56 Å². The minimum atomic E-state index is -0.121. The van der Waals surface area contributed by atoms with Crippen molar-refractivity contribution in [2.24, 2.45) is 0 Å². The summed E-state index contributed by atoms with van der Waals surface area (Å²) in [7, 11) is 0. The number of hydrogen-bond donors (Lipinski definition) is 1. The van der Waals surface area contributed by atoms with Gasteiger partial charge in [-0.1, -0.05) is 48.6 Å². The van der Waals surface area contributed by atoms with Crippen LogP contribution in [-0.4, -0.2) is 39.3 Å². The molecule has 0 radical (unpaired) electrons. The number of anilines is 2. The summed E-state index contributed by atoms with van der Waals surface area (Å²) in [5, 5.41) is 4.33. The van der Waals surface area contributed by atoms with Gasteiger partial charge in [0.15, 0.2) is 15.9 Å². The molecular weight excluding hydrogens is 442 g/mol. The number of hydrogen-bond acceptors (Lipinski definition) is 7. The number of thioether (sulfide) groups is 1. The molecule has 1 fully saturated rings. The topological polar surface area (TPSA) is 80.1 Å². The van der Waals surface area contributed by atoms with Crippen LogP contribution in [0.1, 0.15) is 45.1 Å². The number of amides is 1. The van der Waals surface area contributed by atoms with Crippen LogP contribution in [0.4, 0.5) is 10.8 Å². The Morgan fingerprint density at radius 3 is 2.59 bits per heavy atom. The number of fused-ring (bicyclic) bond motifs is 1. The fourth-order valence-electron chi connectivity index (χ4n) is 3.77. The lowest BCUT2D eigenvalue weighted by molar-refractivity contribution is -0.113. The molecule has 3 aromatic rings. The van der Waals surface area contributed by atoms with Crippen molar-refractivity contribution in [3.05, 3.63) is 40.2 Å². The van der Waals surface area contributed by atoms with Crippen LogP contribution < -0.4 is 15.8 Å². The average molecular weight is 472 g/mol. The molecule has 1 N–H and O–H groups in total. The number of carbonyl (C=O) groups is 1. The molecule has 4 rings (SSSR count). The molecule has 1 aromatic carbocycles. The Bertz CT molecular complexity index is 1130. The van der Waals surface area contributed by atoms with Crippen LogP contribution in [0.3, 0.4) is 0 Å². The molecule has 7 nitrogen and oxygen atoms in total. The second kappa shape index (κ2) is 10.5. The van der Waals surface area contributed by atoms with E-state index in [1.54, 1.807) is 4.57 Å². The summed E-state index contributed by atoms with van der Waals surface area (Å²) in [6, 6.07) is 8.00. The molecule has 0 unspecified atom stereocenters. The molecule has 0 spiro atoms. The van der Waals surface area contributed by atoms with Gasteiger partial charge >= 0.3 is 0 Å². The van der Waals surface area contributed by atoms with E-state index >= 15 is 0 Å². The smallest absolute Gasteiger partial charge is 0.273 e. The summed E-state index contributed by atoms with van der Waals surface area (Å²) in [5.41, 5.74) is 2.46. The molecule has 0 bridgehead atoms. The van der Waals surface area contributed by atoms with Crippen LogP contribution in [0.25, 0.3) is 10.3 Å². The Labute approximate surface area is 196 Å². The molecule has 1 saturated heterocycles. The lowest BCUT2D eigenvalue weighted by Gasteiger charge is -2.11. The normalized spacial score (nSPS) is 13.8. The molecule has 9 heteroatoms. The number of nitrogens with zero attached hydrogens (tertiary/aromatic N) is 4. The minimum absolute atomic E-state index is 0.0778. The van der Waals surface area contributed by atoms with E-state index in [1.165, 1.54) is 35.1 Å². The van der Waals surface area contributed by atoms with Gasteiger partial charge in [-0.3, -0.25) is 14.2 Å². The molecule has 1 aliphatic rings. The summed E-state index contributed by atoms with van der Waals surface area (Å²) < 4.78 is 2.22. The highest BCUT2D eigenvalue weighted by Crippen LogP contribution is 2.29. The highest BCUT2D eigenvalue weighted by molar-refractivity contribution is 7.99. The molecule has 2 aromatic heterocycles. The number of benzene rings is 1. The van der Waals surface area contributed by atoms with Gasteiger partial charge < -0.3 is 10.2 Å². The number of thiazole rings is 1. The number of unbranched alkanes of at least 4 members (excludes halogenated alkanes) is 1. The lowest BCUT2D eigenvalue weighted by Crippen LogP contribution is -2.23. The van der Waals surface area contributed by atoms with Crippen LogP contribution in [0, 0.1) is 0 Å². The Morgan fingerprint density at radius 2 is 1.91 bits per heavy atom. The van der Waals surface area contributed by atoms with Crippen LogP contribution in [-0.2, 0) is 17.8 Å². The zero-order valence-electron chi connectivity index (χ0n) is 18.6. The SMILES string of the molecule is CCCCc1ccc(NC(=O)CSc2nc3nc(N4CCCC4)sc3c(=O)n2CC)cc1. The standard InChI is InChI=1S/C23H29N5O2S2/c1-3-5-8-16-9-11-17(12-10-16)24-18(29)15-31-23-26-20-19(21(30)28(23)4-2)32-22(25-20)27-13-6-7-14-27/h9-12H,3-8,13-15H2,1-2H3,(H,24,29). The molecule has 3 heterocycles. The maximum absolute atomic E-state index is 13.0. The predicted octanol–water partition coefficient (Wildman–Crippen LogP) is 4.55. The van der Waals surface area contributed by atoms with Gasteiger partial charge in [-0.15, -0.1) is 0 Å². The summed E-state index contributed by atoms with van der Waals surface area (Å²) in [5.74, 6) is 0.0582. The second-order valence-corrected chi connectivity index (χ2v) is 9.84. The first-order chi connectivity index (χ1) is 15.6. The van der Waals surface area contributed by atoms with Crippen molar-refractivity contribution >= 4 is 50.2 Å². The highest BCUT2D eigenvalue weighted by atomic mass is 32.2. The third kappa shape index (κ3) is 5.15.